The Kier molecular flexibility index (Phi) is 7.83. The number of carbonyl (C=O) groups excluding carboxylic acids is 1. The van der Waals surface area contributed by atoms with Gasteiger partial charge in [0.15, 0.2) is 11.0 Å². The molecule has 0 saturated heterocycles. The number of aromatic nitrogens is 3. The molecule has 152 valence electrons. The minimum absolute atomic E-state index is 0.0268. The predicted molar refractivity (Wildman–Crippen MR) is 115 cm³/mol. The van der Waals surface area contributed by atoms with E-state index in [4.69, 9.17) is 4.74 Å². The zero-order valence-electron chi connectivity index (χ0n) is 17.4. The van der Waals surface area contributed by atoms with E-state index < -0.39 is 0 Å². The van der Waals surface area contributed by atoms with E-state index in [-0.39, 0.29) is 23.1 Å². The first-order valence-electron chi connectivity index (χ1n) is 9.32. The van der Waals surface area contributed by atoms with Crippen LogP contribution in [-0.2, 0) is 21.5 Å². The van der Waals surface area contributed by atoms with Gasteiger partial charge in [0, 0.05) is 25.3 Å². The van der Waals surface area contributed by atoms with Crippen molar-refractivity contribution in [2.75, 3.05) is 19.5 Å². The SMILES string of the molecule is C=CCn1c(SCC(=O)N[C@@H](C)COC)nnc1-c1ccc(C(C)(C)C)cc1. The molecule has 0 radical (unpaired) electrons. The number of allylic oxidation sites excluding steroid dienone is 1. The molecule has 0 aliphatic rings. The zero-order valence-corrected chi connectivity index (χ0v) is 18.2. The summed E-state index contributed by atoms with van der Waals surface area (Å²) in [5.41, 5.74) is 2.36. The molecule has 1 atom stereocenters. The number of benzene rings is 1. The Labute approximate surface area is 171 Å². The standard InChI is InChI=1S/C21H30N4O2S/c1-7-12-25-19(16-8-10-17(11-9-16)21(3,4)5)23-24-20(25)28-14-18(26)22-15(2)13-27-6/h7-11,15H,1,12-14H2,2-6H3,(H,22,26)/t15-/m0/s1. The van der Waals surface area contributed by atoms with Crippen molar-refractivity contribution >= 4 is 17.7 Å². The Morgan fingerprint density at radius 2 is 2.00 bits per heavy atom. The highest BCUT2D eigenvalue weighted by Crippen LogP contribution is 2.27. The molecular weight excluding hydrogens is 372 g/mol. The molecule has 7 heteroatoms. The van der Waals surface area contributed by atoms with Crippen molar-refractivity contribution in [1.29, 1.82) is 0 Å². The van der Waals surface area contributed by atoms with Crippen LogP contribution in [0.5, 0.6) is 0 Å². The number of amides is 1. The number of nitrogens with zero attached hydrogens (tertiary/aromatic N) is 3. The number of ether oxygens (including phenoxy) is 1. The lowest BCUT2D eigenvalue weighted by molar-refractivity contribution is -0.119. The lowest BCUT2D eigenvalue weighted by Gasteiger charge is -2.19. The molecular formula is C21H30N4O2S. The van der Waals surface area contributed by atoms with Crippen molar-refractivity contribution in [3.05, 3.63) is 42.5 Å². The van der Waals surface area contributed by atoms with E-state index in [9.17, 15) is 4.79 Å². The number of hydrogen-bond donors (Lipinski definition) is 1. The molecule has 0 spiro atoms. The first-order chi connectivity index (χ1) is 13.3. The predicted octanol–water partition coefficient (Wildman–Crippen LogP) is 3.67. The minimum atomic E-state index is -0.0567. The molecule has 0 unspecified atom stereocenters. The van der Waals surface area contributed by atoms with Gasteiger partial charge in [-0.2, -0.15) is 0 Å². The van der Waals surface area contributed by atoms with Crippen LogP contribution < -0.4 is 5.32 Å². The Bertz CT molecular complexity index is 794. The summed E-state index contributed by atoms with van der Waals surface area (Å²) in [6.45, 7) is 13.4. The van der Waals surface area contributed by atoms with Gasteiger partial charge >= 0.3 is 0 Å². The molecule has 2 aromatic rings. The maximum absolute atomic E-state index is 12.1. The summed E-state index contributed by atoms with van der Waals surface area (Å²) >= 11 is 1.37. The fourth-order valence-electron chi connectivity index (χ4n) is 2.76. The maximum atomic E-state index is 12.1. The summed E-state index contributed by atoms with van der Waals surface area (Å²) in [7, 11) is 1.62. The summed E-state index contributed by atoms with van der Waals surface area (Å²) < 4.78 is 7.02. The van der Waals surface area contributed by atoms with Crippen LogP contribution in [0.1, 0.15) is 33.3 Å². The summed E-state index contributed by atoms with van der Waals surface area (Å²) in [6, 6.07) is 8.36. The van der Waals surface area contributed by atoms with E-state index in [1.165, 1.54) is 17.3 Å². The van der Waals surface area contributed by atoms with Crippen LogP contribution >= 0.6 is 11.8 Å². The number of thioether (sulfide) groups is 1. The second-order valence-electron chi connectivity index (χ2n) is 7.75. The van der Waals surface area contributed by atoms with Gasteiger partial charge in [-0.05, 0) is 17.9 Å². The lowest BCUT2D eigenvalue weighted by Crippen LogP contribution is -2.36. The van der Waals surface area contributed by atoms with Crippen molar-refractivity contribution in [3.8, 4) is 11.4 Å². The van der Waals surface area contributed by atoms with Gasteiger partial charge in [0.1, 0.15) is 0 Å². The van der Waals surface area contributed by atoms with Gasteiger partial charge in [-0.15, -0.1) is 16.8 Å². The van der Waals surface area contributed by atoms with E-state index in [1.54, 1.807) is 13.2 Å². The molecule has 0 aliphatic heterocycles. The smallest absolute Gasteiger partial charge is 0.230 e. The normalized spacial score (nSPS) is 12.6. The molecule has 1 amide bonds. The molecule has 1 aromatic heterocycles. The van der Waals surface area contributed by atoms with Crippen molar-refractivity contribution in [1.82, 2.24) is 20.1 Å². The molecule has 2 rings (SSSR count). The Morgan fingerprint density at radius 1 is 1.32 bits per heavy atom. The second-order valence-corrected chi connectivity index (χ2v) is 8.69. The summed E-state index contributed by atoms with van der Waals surface area (Å²) in [6.07, 6.45) is 1.81. The molecule has 0 bridgehead atoms. The third kappa shape index (κ3) is 5.94. The van der Waals surface area contributed by atoms with E-state index in [2.05, 4.69) is 67.1 Å². The summed E-state index contributed by atoms with van der Waals surface area (Å²) in [5.74, 6) is 0.988. The van der Waals surface area contributed by atoms with Crippen LogP contribution in [-0.4, -0.2) is 46.2 Å². The fraction of sp³-hybridized carbons (Fsp3) is 0.476. The fourth-order valence-corrected chi connectivity index (χ4v) is 3.52. The highest BCUT2D eigenvalue weighted by atomic mass is 32.2. The molecule has 0 saturated carbocycles. The van der Waals surface area contributed by atoms with Crippen molar-refractivity contribution in [2.24, 2.45) is 0 Å². The third-order valence-electron chi connectivity index (χ3n) is 4.19. The van der Waals surface area contributed by atoms with Crippen molar-refractivity contribution in [3.63, 3.8) is 0 Å². The summed E-state index contributed by atoms with van der Waals surface area (Å²) in [4.78, 5) is 12.1. The molecule has 1 heterocycles. The van der Waals surface area contributed by atoms with E-state index in [0.717, 1.165) is 11.4 Å². The monoisotopic (exact) mass is 402 g/mol. The molecule has 0 aliphatic carbocycles. The van der Waals surface area contributed by atoms with Gasteiger partial charge in [-0.3, -0.25) is 9.36 Å². The molecule has 28 heavy (non-hydrogen) atoms. The first kappa shape index (κ1) is 22.2. The van der Waals surface area contributed by atoms with E-state index in [1.807, 2.05) is 11.5 Å². The quantitative estimate of drug-likeness (QED) is 0.512. The minimum Gasteiger partial charge on any atom is -0.383 e. The van der Waals surface area contributed by atoms with Gasteiger partial charge < -0.3 is 10.1 Å². The highest BCUT2D eigenvalue weighted by Gasteiger charge is 2.17. The number of carbonyl (C=O) groups is 1. The van der Waals surface area contributed by atoms with Crippen molar-refractivity contribution < 1.29 is 9.53 Å². The van der Waals surface area contributed by atoms with Gasteiger partial charge in [0.2, 0.25) is 5.91 Å². The van der Waals surface area contributed by atoms with Gasteiger partial charge in [-0.25, -0.2) is 0 Å². The maximum Gasteiger partial charge on any atom is 0.230 e. The van der Waals surface area contributed by atoms with Gasteiger partial charge in [0.25, 0.3) is 0 Å². The van der Waals surface area contributed by atoms with Crippen molar-refractivity contribution in [2.45, 2.75) is 50.9 Å². The Morgan fingerprint density at radius 3 is 2.57 bits per heavy atom. The molecule has 0 fully saturated rings. The van der Waals surface area contributed by atoms with Crippen LogP contribution in [0, 0.1) is 0 Å². The van der Waals surface area contributed by atoms with Gasteiger partial charge in [-0.1, -0.05) is 62.9 Å². The van der Waals surface area contributed by atoms with E-state index in [0.29, 0.717) is 18.3 Å². The van der Waals surface area contributed by atoms with Crippen LogP contribution in [0.2, 0.25) is 0 Å². The third-order valence-corrected chi connectivity index (χ3v) is 5.16. The average Bonchev–Trinajstić information content (AvgIpc) is 3.02. The second kappa shape index (κ2) is 9.89. The largest absolute Gasteiger partial charge is 0.383 e. The number of methoxy groups -OCH3 is 1. The van der Waals surface area contributed by atoms with Gasteiger partial charge in [0.05, 0.1) is 12.4 Å². The number of nitrogens with one attached hydrogen (secondary N) is 1. The topological polar surface area (TPSA) is 69.0 Å². The average molecular weight is 403 g/mol. The van der Waals surface area contributed by atoms with Crippen LogP contribution in [0.25, 0.3) is 11.4 Å². The summed E-state index contributed by atoms with van der Waals surface area (Å²) in [5, 5.41) is 12.2. The Balaban J connectivity index is 2.15. The molecule has 6 nitrogen and oxygen atoms in total. The molecule has 1 N–H and O–H groups in total. The van der Waals surface area contributed by atoms with Crippen LogP contribution in [0.3, 0.4) is 0 Å². The van der Waals surface area contributed by atoms with Crippen LogP contribution in [0.4, 0.5) is 0 Å². The Hall–Kier alpha value is -2.12. The number of hydrogen-bond acceptors (Lipinski definition) is 5. The number of rotatable bonds is 9. The molecule has 1 aromatic carbocycles. The first-order valence-corrected chi connectivity index (χ1v) is 10.3. The van der Waals surface area contributed by atoms with Crippen LogP contribution in [0.15, 0.2) is 42.1 Å². The highest BCUT2D eigenvalue weighted by molar-refractivity contribution is 7.99. The zero-order chi connectivity index (χ0) is 20.7. The lowest BCUT2D eigenvalue weighted by atomic mass is 9.87. The van der Waals surface area contributed by atoms with E-state index >= 15 is 0 Å².